The highest BCUT2D eigenvalue weighted by Crippen LogP contribution is 2.43. The van der Waals surface area contributed by atoms with E-state index in [1.54, 1.807) is 37.3 Å². The Morgan fingerprint density at radius 1 is 1.35 bits per heavy atom. The van der Waals surface area contributed by atoms with Gasteiger partial charge in [0.25, 0.3) is 5.91 Å². The third-order valence-electron chi connectivity index (χ3n) is 6.08. The fourth-order valence-electron chi connectivity index (χ4n) is 4.35. The molecule has 31 heavy (non-hydrogen) atoms. The summed E-state index contributed by atoms with van der Waals surface area (Å²) in [4.78, 5) is 14.9. The Hall–Kier alpha value is -2.23. The van der Waals surface area contributed by atoms with E-state index in [4.69, 9.17) is 14.9 Å². The van der Waals surface area contributed by atoms with Crippen LogP contribution in [0, 0.1) is 10.8 Å². The number of nitrogens with zero attached hydrogens (tertiary/aromatic N) is 3. The maximum atomic E-state index is 12.9. The molecule has 0 radical (unpaired) electrons. The van der Waals surface area contributed by atoms with Gasteiger partial charge in [-0.25, -0.2) is 0 Å². The van der Waals surface area contributed by atoms with Gasteiger partial charge in [0, 0.05) is 50.5 Å². The zero-order valence-corrected chi connectivity index (χ0v) is 18.9. The van der Waals surface area contributed by atoms with Crippen molar-refractivity contribution in [3.63, 3.8) is 0 Å². The van der Waals surface area contributed by atoms with Crippen molar-refractivity contribution in [2.45, 2.75) is 45.1 Å². The second kappa shape index (κ2) is 10.9. The molecule has 9 heteroatoms. The van der Waals surface area contributed by atoms with Crippen LogP contribution in [0.15, 0.2) is 24.0 Å². The minimum atomic E-state index is -0.282. The van der Waals surface area contributed by atoms with Gasteiger partial charge in [0.15, 0.2) is 0 Å². The molecule has 172 valence electrons. The van der Waals surface area contributed by atoms with E-state index < -0.39 is 0 Å². The number of amides is 1. The lowest BCUT2D eigenvalue weighted by Gasteiger charge is -2.53. The van der Waals surface area contributed by atoms with Gasteiger partial charge < -0.3 is 19.7 Å². The molecular weight excluding hydrogens is 396 g/mol. The molecule has 1 atom stereocenters. The van der Waals surface area contributed by atoms with Crippen LogP contribution in [-0.2, 0) is 21.3 Å². The molecule has 1 aromatic heterocycles. The first kappa shape index (κ1) is 23.4. The smallest absolute Gasteiger partial charge is 0.254 e. The summed E-state index contributed by atoms with van der Waals surface area (Å²) in [6, 6.07) is 0.146. The summed E-state index contributed by atoms with van der Waals surface area (Å²) in [7, 11) is 3.45. The number of carbonyl (C=O) groups excluding carboxylic acids is 1. The number of hydrogen-bond donors (Lipinski definition) is 3. The molecule has 2 fully saturated rings. The van der Waals surface area contributed by atoms with E-state index in [9.17, 15) is 4.79 Å². The number of methoxy groups -OCH3 is 1. The summed E-state index contributed by atoms with van der Waals surface area (Å²) in [5.74, 6) is 0.0902. The third kappa shape index (κ3) is 6.62. The molecular formula is C22H36N6O3. The Kier molecular flexibility index (Phi) is 8.22. The molecule has 2 heterocycles. The van der Waals surface area contributed by atoms with Gasteiger partial charge in [-0.3, -0.25) is 20.2 Å². The lowest BCUT2D eigenvalue weighted by molar-refractivity contribution is -0.113. The summed E-state index contributed by atoms with van der Waals surface area (Å²) in [5.41, 5.74) is 1.41. The van der Waals surface area contributed by atoms with E-state index in [2.05, 4.69) is 20.6 Å². The zero-order valence-electron chi connectivity index (χ0n) is 18.9. The summed E-state index contributed by atoms with van der Waals surface area (Å²) < 4.78 is 12.4. The highest BCUT2D eigenvalue weighted by molar-refractivity contribution is 6.08. The highest BCUT2D eigenvalue weighted by atomic mass is 16.5. The van der Waals surface area contributed by atoms with Crippen molar-refractivity contribution in [2.24, 2.45) is 12.5 Å². The van der Waals surface area contributed by atoms with Crippen LogP contribution in [0.4, 0.5) is 5.69 Å². The Labute approximate surface area is 184 Å². The normalized spacial score (nSPS) is 19.2. The van der Waals surface area contributed by atoms with E-state index in [0.717, 1.165) is 13.1 Å². The Bertz CT molecular complexity index is 776. The molecule has 3 N–H and O–H groups in total. The van der Waals surface area contributed by atoms with Crippen molar-refractivity contribution >= 4 is 17.4 Å². The molecule has 1 saturated carbocycles. The van der Waals surface area contributed by atoms with E-state index in [1.165, 1.54) is 32.1 Å². The molecule has 2 aliphatic rings. The average Bonchev–Trinajstić information content (AvgIpc) is 3.13. The summed E-state index contributed by atoms with van der Waals surface area (Å²) in [6.07, 6.45) is 11.4. The van der Waals surface area contributed by atoms with Crippen molar-refractivity contribution in [3.05, 3.63) is 24.0 Å². The van der Waals surface area contributed by atoms with Crippen LogP contribution in [0.5, 0.6) is 0 Å². The standard InChI is InChI=1S/C22H36N6O3/c1-17(12-30-3)24-16-31-13-18(21(29)26-19-10-25-27(2)11-19)9-20(23)28-14-22(15-28)7-5-4-6-8-22/h9-11,17,23-24H,4-8,12-16H2,1-3H3,(H,26,29)/b18-9-,23-20?/t17-/m0/s1. The lowest BCUT2D eigenvalue weighted by Crippen LogP contribution is -2.58. The minimum absolute atomic E-state index is 0.111. The molecule has 1 aromatic rings. The van der Waals surface area contributed by atoms with E-state index in [1.807, 2.05) is 6.92 Å². The summed E-state index contributed by atoms with van der Waals surface area (Å²) in [5, 5.41) is 18.6. The number of rotatable bonds is 10. The largest absolute Gasteiger partial charge is 0.383 e. The molecule has 1 amide bonds. The van der Waals surface area contributed by atoms with Crippen molar-refractivity contribution in [2.75, 3.05) is 45.5 Å². The first-order valence-corrected chi connectivity index (χ1v) is 11.0. The predicted octanol–water partition coefficient (Wildman–Crippen LogP) is 2.13. The number of aromatic nitrogens is 2. The monoisotopic (exact) mass is 432 g/mol. The number of ether oxygens (including phenoxy) is 2. The highest BCUT2D eigenvalue weighted by Gasteiger charge is 2.43. The molecule has 0 aromatic carbocycles. The number of hydrogen-bond acceptors (Lipinski definition) is 6. The second-order valence-corrected chi connectivity index (χ2v) is 8.88. The Balaban J connectivity index is 1.58. The molecule has 1 spiro atoms. The maximum Gasteiger partial charge on any atom is 0.254 e. The first-order chi connectivity index (χ1) is 14.9. The van der Waals surface area contributed by atoms with Crippen LogP contribution < -0.4 is 10.6 Å². The van der Waals surface area contributed by atoms with Crippen LogP contribution in [0.1, 0.15) is 39.0 Å². The van der Waals surface area contributed by atoms with Crippen molar-refractivity contribution < 1.29 is 14.3 Å². The molecule has 1 aliphatic heterocycles. The van der Waals surface area contributed by atoms with E-state index >= 15 is 0 Å². The molecule has 0 bridgehead atoms. The number of carbonyl (C=O) groups is 1. The zero-order chi connectivity index (χ0) is 22.3. The van der Waals surface area contributed by atoms with Gasteiger partial charge in [-0.05, 0) is 25.8 Å². The van der Waals surface area contributed by atoms with Crippen molar-refractivity contribution in [3.8, 4) is 0 Å². The third-order valence-corrected chi connectivity index (χ3v) is 6.08. The van der Waals surface area contributed by atoms with Crippen LogP contribution >= 0.6 is 0 Å². The number of amidine groups is 1. The van der Waals surface area contributed by atoms with Gasteiger partial charge in [-0.1, -0.05) is 19.3 Å². The quantitative estimate of drug-likeness (QED) is 0.172. The number of likely N-dealkylation sites (tertiary alicyclic amines) is 1. The van der Waals surface area contributed by atoms with Crippen LogP contribution in [-0.4, -0.2) is 72.6 Å². The van der Waals surface area contributed by atoms with Gasteiger partial charge in [0.05, 0.1) is 31.8 Å². The van der Waals surface area contributed by atoms with Crippen molar-refractivity contribution in [1.29, 1.82) is 5.41 Å². The van der Waals surface area contributed by atoms with Crippen LogP contribution in [0.3, 0.4) is 0 Å². The summed E-state index contributed by atoms with van der Waals surface area (Å²) in [6.45, 7) is 4.81. The Morgan fingerprint density at radius 2 is 2.10 bits per heavy atom. The van der Waals surface area contributed by atoms with Crippen molar-refractivity contribution in [1.82, 2.24) is 20.0 Å². The fraction of sp³-hybridized carbons (Fsp3) is 0.682. The molecule has 1 aliphatic carbocycles. The average molecular weight is 433 g/mol. The predicted molar refractivity (Wildman–Crippen MR) is 120 cm³/mol. The molecule has 1 saturated heterocycles. The number of anilines is 1. The molecule has 3 rings (SSSR count). The molecule has 9 nitrogen and oxygen atoms in total. The van der Waals surface area contributed by atoms with Gasteiger partial charge >= 0.3 is 0 Å². The fourth-order valence-corrected chi connectivity index (χ4v) is 4.35. The topological polar surface area (TPSA) is 104 Å². The van der Waals surface area contributed by atoms with Gasteiger partial charge in [0.2, 0.25) is 0 Å². The SMILES string of the molecule is COC[C@H](C)NCOC/C(=C/C(=N)N1CC2(CCCCC2)C1)C(=O)Nc1cnn(C)c1. The van der Waals surface area contributed by atoms with E-state index in [-0.39, 0.29) is 18.6 Å². The minimum Gasteiger partial charge on any atom is -0.383 e. The van der Waals surface area contributed by atoms with Gasteiger partial charge in [-0.15, -0.1) is 0 Å². The number of aryl methyl sites for hydroxylation is 1. The number of nitrogens with one attached hydrogen (secondary N) is 3. The Morgan fingerprint density at radius 3 is 2.74 bits per heavy atom. The first-order valence-electron chi connectivity index (χ1n) is 11.0. The van der Waals surface area contributed by atoms with Gasteiger partial charge in [-0.2, -0.15) is 5.10 Å². The van der Waals surface area contributed by atoms with E-state index in [0.29, 0.717) is 35.8 Å². The van der Waals surface area contributed by atoms with Crippen LogP contribution in [0.2, 0.25) is 0 Å². The lowest BCUT2D eigenvalue weighted by atomic mass is 9.68. The van der Waals surface area contributed by atoms with Gasteiger partial charge in [0.1, 0.15) is 5.84 Å². The summed E-state index contributed by atoms with van der Waals surface area (Å²) >= 11 is 0. The van der Waals surface area contributed by atoms with Crippen LogP contribution in [0.25, 0.3) is 0 Å². The second-order valence-electron chi connectivity index (χ2n) is 8.88. The molecule has 0 unspecified atom stereocenters. The maximum absolute atomic E-state index is 12.9.